The van der Waals surface area contributed by atoms with Crippen LogP contribution in [0.15, 0.2) is 11.6 Å². The zero-order valence-corrected chi connectivity index (χ0v) is 5.35. The molecule has 0 aliphatic heterocycles. The molecule has 0 heterocycles. The topological polar surface area (TPSA) is 17.1 Å². The van der Waals surface area contributed by atoms with Gasteiger partial charge in [-0.15, -0.1) is 6.42 Å². The van der Waals surface area contributed by atoms with E-state index in [1.165, 1.54) is 0 Å². The third-order valence-electron chi connectivity index (χ3n) is 1.51. The quantitative estimate of drug-likeness (QED) is 0.438. The predicted octanol–water partition coefficient (Wildman–Crippen LogP) is 1.15. The Balaban J connectivity index is 2.77. The molecule has 0 radical (unpaired) electrons. The van der Waals surface area contributed by atoms with Gasteiger partial charge in [-0.25, -0.2) is 0 Å². The molecule has 46 valence electrons. The molecule has 1 atom stereocenters. The molecule has 0 spiro atoms. The van der Waals surface area contributed by atoms with E-state index in [4.69, 9.17) is 6.42 Å². The molecule has 0 bridgehead atoms. The summed E-state index contributed by atoms with van der Waals surface area (Å²) in [6, 6.07) is 0. The Morgan fingerprint density at radius 2 is 2.56 bits per heavy atom. The maximum Gasteiger partial charge on any atom is 0.159 e. The van der Waals surface area contributed by atoms with Crippen LogP contribution in [-0.4, -0.2) is 5.78 Å². The molecule has 0 amide bonds. The molecule has 0 aromatic rings. The second-order valence-electron chi connectivity index (χ2n) is 2.32. The first-order valence-electron chi connectivity index (χ1n) is 2.95. The third-order valence-corrected chi connectivity index (χ3v) is 1.51. The number of allylic oxidation sites excluding steroid dienone is 2. The summed E-state index contributed by atoms with van der Waals surface area (Å²) in [5.41, 5.74) is 0.840. The Kier molecular flexibility index (Phi) is 1.40. The van der Waals surface area contributed by atoms with Crippen molar-refractivity contribution in [3.63, 3.8) is 0 Å². The van der Waals surface area contributed by atoms with Gasteiger partial charge in [-0.1, -0.05) is 12.8 Å². The van der Waals surface area contributed by atoms with Gasteiger partial charge in [-0.2, -0.15) is 0 Å². The van der Waals surface area contributed by atoms with E-state index in [0.717, 1.165) is 12.0 Å². The van der Waals surface area contributed by atoms with Crippen LogP contribution >= 0.6 is 0 Å². The molecule has 0 fully saturated rings. The first-order chi connectivity index (χ1) is 4.24. The van der Waals surface area contributed by atoms with Crippen molar-refractivity contribution < 1.29 is 4.79 Å². The lowest BCUT2D eigenvalue weighted by Gasteiger charge is -1.93. The molecule has 0 N–H and O–H groups in total. The smallest absolute Gasteiger partial charge is 0.159 e. The van der Waals surface area contributed by atoms with Crippen LogP contribution in [0.4, 0.5) is 0 Å². The first-order valence-corrected chi connectivity index (χ1v) is 2.95. The Morgan fingerprint density at radius 1 is 1.89 bits per heavy atom. The van der Waals surface area contributed by atoms with Gasteiger partial charge in [-0.3, -0.25) is 4.79 Å². The van der Waals surface area contributed by atoms with Gasteiger partial charge in [0.05, 0.1) is 0 Å². The molecule has 0 aromatic heterocycles. The number of ketones is 1. The molecule has 1 rings (SSSR count). The fourth-order valence-electron chi connectivity index (χ4n) is 0.904. The zero-order chi connectivity index (χ0) is 6.85. The fourth-order valence-corrected chi connectivity index (χ4v) is 0.904. The van der Waals surface area contributed by atoms with Crippen molar-refractivity contribution in [3.8, 4) is 12.3 Å². The highest BCUT2D eigenvalue weighted by atomic mass is 16.1. The minimum atomic E-state index is 0.121. The van der Waals surface area contributed by atoms with Crippen LogP contribution in [0.2, 0.25) is 0 Å². The van der Waals surface area contributed by atoms with Crippen LogP contribution in [0.5, 0.6) is 0 Å². The van der Waals surface area contributed by atoms with Gasteiger partial charge in [0.15, 0.2) is 5.78 Å². The van der Waals surface area contributed by atoms with Crippen LogP contribution in [-0.2, 0) is 4.79 Å². The van der Waals surface area contributed by atoms with E-state index in [9.17, 15) is 4.79 Å². The van der Waals surface area contributed by atoms with E-state index in [0.29, 0.717) is 0 Å². The zero-order valence-electron chi connectivity index (χ0n) is 5.35. The highest BCUT2D eigenvalue weighted by molar-refractivity contribution is 5.95. The number of hydrogen-bond acceptors (Lipinski definition) is 1. The lowest BCUT2D eigenvalue weighted by molar-refractivity contribution is -0.116. The van der Waals surface area contributed by atoms with Crippen molar-refractivity contribution >= 4 is 5.78 Å². The lowest BCUT2D eigenvalue weighted by Crippen LogP contribution is -1.99. The van der Waals surface area contributed by atoms with Crippen LogP contribution in [0.25, 0.3) is 0 Å². The van der Waals surface area contributed by atoms with Crippen molar-refractivity contribution in [3.05, 3.63) is 11.6 Å². The number of terminal acetylenes is 1. The van der Waals surface area contributed by atoms with Crippen molar-refractivity contribution in [2.45, 2.75) is 13.3 Å². The van der Waals surface area contributed by atoms with Crippen molar-refractivity contribution in [2.24, 2.45) is 5.92 Å². The molecule has 1 aliphatic rings. The second-order valence-corrected chi connectivity index (χ2v) is 2.32. The van der Waals surface area contributed by atoms with E-state index in [2.05, 4.69) is 5.92 Å². The molecule has 1 unspecified atom stereocenters. The maximum absolute atomic E-state index is 10.8. The Morgan fingerprint density at radius 3 is 2.78 bits per heavy atom. The predicted molar refractivity (Wildman–Crippen MR) is 35.7 cm³/mol. The van der Waals surface area contributed by atoms with Crippen molar-refractivity contribution in [1.82, 2.24) is 0 Å². The summed E-state index contributed by atoms with van der Waals surface area (Å²) >= 11 is 0. The number of carbonyl (C=O) groups excluding carboxylic acids is 1. The van der Waals surface area contributed by atoms with Crippen LogP contribution < -0.4 is 0 Å². The average molecular weight is 120 g/mol. The Bertz CT molecular complexity index is 205. The highest BCUT2D eigenvalue weighted by Gasteiger charge is 2.18. The summed E-state index contributed by atoms with van der Waals surface area (Å²) in [5, 5.41) is 0. The summed E-state index contributed by atoms with van der Waals surface area (Å²) in [6.45, 7) is 1.89. The van der Waals surface area contributed by atoms with Crippen molar-refractivity contribution in [1.29, 1.82) is 0 Å². The number of carbonyl (C=O) groups is 1. The monoisotopic (exact) mass is 120 g/mol. The van der Waals surface area contributed by atoms with Gasteiger partial charge in [0.2, 0.25) is 0 Å². The summed E-state index contributed by atoms with van der Waals surface area (Å²) in [6.07, 6.45) is 7.41. The van der Waals surface area contributed by atoms with Gasteiger partial charge >= 0.3 is 0 Å². The van der Waals surface area contributed by atoms with Crippen LogP contribution in [0.3, 0.4) is 0 Å². The van der Waals surface area contributed by atoms with Gasteiger partial charge in [0, 0.05) is 11.5 Å². The molecule has 0 saturated heterocycles. The van der Waals surface area contributed by atoms with Gasteiger partial charge in [0.1, 0.15) is 0 Å². The SMILES string of the molecule is C#CC1=CC(=O)C(C)C1. The molecule has 0 saturated carbocycles. The third kappa shape index (κ3) is 1.02. The Hall–Kier alpha value is -1.03. The molecular formula is C8H8O. The summed E-state index contributed by atoms with van der Waals surface area (Å²) in [7, 11) is 0. The summed E-state index contributed by atoms with van der Waals surface area (Å²) < 4.78 is 0. The lowest BCUT2D eigenvalue weighted by atomic mass is 10.1. The summed E-state index contributed by atoms with van der Waals surface area (Å²) in [4.78, 5) is 10.8. The van der Waals surface area contributed by atoms with E-state index in [1.54, 1.807) is 6.08 Å². The summed E-state index contributed by atoms with van der Waals surface area (Å²) in [5.74, 6) is 2.76. The first kappa shape index (κ1) is 6.10. The molecular weight excluding hydrogens is 112 g/mol. The minimum absolute atomic E-state index is 0.121. The van der Waals surface area contributed by atoms with E-state index < -0.39 is 0 Å². The van der Waals surface area contributed by atoms with Gasteiger partial charge < -0.3 is 0 Å². The molecule has 1 aliphatic carbocycles. The fraction of sp³-hybridized carbons (Fsp3) is 0.375. The standard InChI is InChI=1S/C8H8O/c1-3-7-4-6(2)8(9)5-7/h1,5-6H,4H2,2H3. The second kappa shape index (κ2) is 2.06. The average Bonchev–Trinajstić information content (AvgIpc) is 2.13. The normalized spacial score (nSPS) is 25.6. The Labute approximate surface area is 54.8 Å². The van der Waals surface area contributed by atoms with Crippen molar-refractivity contribution in [2.75, 3.05) is 0 Å². The molecule has 9 heavy (non-hydrogen) atoms. The van der Waals surface area contributed by atoms with Crippen LogP contribution in [0, 0.1) is 18.3 Å². The largest absolute Gasteiger partial charge is 0.295 e. The molecule has 1 nitrogen and oxygen atoms in total. The number of rotatable bonds is 0. The van der Waals surface area contributed by atoms with E-state index in [1.807, 2.05) is 6.92 Å². The van der Waals surface area contributed by atoms with Gasteiger partial charge in [0.25, 0.3) is 0 Å². The van der Waals surface area contributed by atoms with Gasteiger partial charge in [-0.05, 0) is 12.5 Å². The number of hydrogen-bond donors (Lipinski definition) is 0. The van der Waals surface area contributed by atoms with E-state index in [-0.39, 0.29) is 11.7 Å². The molecule has 0 aromatic carbocycles. The minimum Gasteiger partial charge on any atom is -0.295 e. The molecule has 1 heteroatoms. The maximum atomic E-state index is 10.8. The highest BCUT2D eigenvalue weighted by Crippen LogP contribution is 2.19. The van der Waals surface area contributed by atoms with Crippen LogP contribution in [0.1, 0.15) is 13.3 Å². The van der Waals surface area contributed by atoms with E-state index >= 15 is 0 Å².